The maximum Gasteiger partial charge on any atom is 0.107 e. The van der Waals surface area contributed by atoms with Crippen LogP contribution in [0.4, 0.5) is 5.69 Å². The molecule has 0 bridgehead atoms. The summed E-state index contributed by atoms with van der Waals surface area (Å²) in [5, 5.41) is 18.2. The van der Waals surface area contributed by atoms with Crippen LogP contribution in [0.5, 0.6) is 0 Å². The molecule has 5 aromatic rings. The second kappa shape index (κ2) is 13.4. The van der Waals surface area contributed by atoms with Crippen molar-refractivity contribution in [1.29, 1.82) is 10.5 Å². The van der Waals surface area contributed by atoms with Crippen molar-refractivity contribution in [2.24, 2.45) is 0 Å². The molecule has 0 aliphatic rings. The largest absolute Gasteiger partial charge is 0.305 e. The molecule has 183 valence electrons. The van der Waals surface area contributed by atoms with Crippen molar-refractivity contribution in [2.45, 2.75) is 6.92 Å². The third-order valence-corrected chi connectivity index (χ3v) is 5.43. The molecule has 2 heterocycles. The summed E-state index contributed by atoms with van der Waals surface area (Å²) in [5.41, 5.74) is 6.85. The van der Waals surface area contributed by atoms with E-state index < -0.39 is 0 Å². The number of hydrogen-bond donors (Lipinski definition) is 0. The average Bonchev–Trinajstić information content (AvgIpc) is 2.98. The van der Waals surface area contributed by atoms with Gasteiger partial charge in [-0.1, -0.05) is 48.5 Å². The minimum atomic E-state index is 0. The molecule has 0 N–H and O–H groups in total. The van der Waals surface area contributed by atoms with Gasteiger partial charge in [-0.2, -0.15) is 5.26 Å². The predicted octanol–water partition coefficient (Wildman–Crippen LogP) is 7.36. The van der Waals surface area contributed by atoms with Crippen molar-refractivity contribution in [2.75, 3.05) is 0 Å². The molecule has 0 saturated carbocycles. The molecule has 6 heteroatoms. The monoisotopic (exact) mass is 666 g/mol. The van der Waals surface area contributed by atoms with Gasteiger partial charge in [0.2, 0.25) is 0 Å². The molecular formula is C32H19IrN5-2. The molecule has 0 unspecified atom stereocenters. The van der Waals surface area contributed by atoms with E-state index in [0.717, 1.165) is 16.8 Å². The van der Waals surface area contributed by atoms with Crippen LogP contribution in [0.15, 0.2) is 97.3 Å². The van der Waals surface area contributed by atoms with Crippen LogP contribution in [-0.4, -0.2) is 9.97 Å². The Balaban J connectivity index is 0.000000205. The molecule has 1 radical (unpaired) electrons. The first-order valence-electron chi connectivity index (χ1n) is 11.3. The topological polar surface area (TPSA) is 77.7 Å². The normalized spacial score (nSPS) is 9.42. The first kappa shape index (κ1) is 27.7. The van der Waals surface area contributed by atoms with Crippen LogP contribution in [0.1, 0.15) is 16.7 Å². The number of pyridine rings is 2. The van der Waals surface area contributed by atoms with Crippen LogP contribution >= 0.6 is 0 Å². The summed E-state index contributed by atoms with van der Waals surface area (Å²) >= 11 is 0. The van der Waals surface area contributed by atoms with Gasteiger partial charge in [0.15, 0.2) is 0 Å². The number of hydrogen-bond acceptors (Lipinski definition) is 4. The third-order valence-electron chi connectivity index (χ3n) is 5.43. The average molecular weight is 666 g/mol. The second-order valence-electron chi connectivity index (χ2n) is 7.95. The van der Waals surface area contributed by atoms with E-state index in [4.69, 9.17) is 11.8 Å². The number of nitriles is 2. The van der Waals surface area contributed by atoms with Gasteiger partial charge in [0, 0.05) is 38.6 Å². The van der Waals surface area contributed by atoms with Gasteiger partial charge in [0.1, 0.15) is 5.69 Å². The van der Waals surface area contributed by atoms with Crippen molar-refractivity contribution in [1.82, 2.24) is 9.97 Å². The molecule has 38 heavy (non-hydrogen) atoms. The molecule has 0 saturated heterocycles. The zero-order chi connectivity index (χ0) is 26.0. The number of nitrogens with zero attached hydrogens (tertiary/aromatic N) is 5. The van der Waals surface area contributed by atoms with Crippen LogP contribution in [0.25, 0.3) is 38.5 Å². The van der Waals surface area contributed by atoms with Crippen LogP contribution in [0.2, 0.25) is 0 Å². The summed E-state index contributed by atoms with van der Waals surface area (Å²) in [7, 11) is 0. The van der Waals surface area contributed by atoms with Crippen molar-refractivity contribution in [3.63, 3.8) is 0 Å². The van der Waals surface area contributed by atoms with Crippen LogP contribution < -0.4 is 0 Å². The molecule has 0 aliphatic carbocycles. The minimum Gasteiger partial charge on any atom is -0.305 e. The molecule has 3 aromatic carbocycles. The molecule has 5 rings (SSSR count). The number of aromatic nitrogens is 2. The Morgan fingerprint density at radius 3 is 2.26 bits per heavy atom. The Kier molecular flexibility index (Phi) is 9.76. The fourth-order valence-electron chi connectivity index (χ4n) is 3.58. The Labute approximate surface area is 235 Å². The first-order chi connectivity index (χ1) is 18.1. The Hall–Kier alpha value is -4.92. The summed E-state index contributed by atoms with van der Waals surface area (Å²) in [4.78, 5) is 11.9. The van der Waals surface area contributed by atoms with E-state index in [1.165, 1.54) is 17.2 Å². The van der Waals surface area contributed by atoms with E-state index in [-0.39, 0.29) is 36.9 Å². The zero-order valence-corrected chi connectivity index (χ0v) is 22.7. The fourth-order valence-corrected chi connectivity index (χ4v) is 3.58. The molecule has 5 nitrogen and oxygen atoms in total. The van der Waals surface area contributed by atoms with Gasteiger partial charge in [-0.25, -0.2) is 5.26 Å². The molecule has 0 atom stereocenters. The maximum atomic E-state index is 9.18. The number of rotatable bonds is 3. The Morgan fingerprint density at radius 2 is 1.63 bits per heavy atom. The van der Waals surface area contributed by atoms with Crippen molar-refractivity contribution >= 4 is 5.69 Å². The van der Waals surface area contributed by atoms with Gasteiger partial charge in [0.25, 0.3) is 0 Å². The molecule has 0 spiro atoms. The van der Waals surface area contributed by atoms with E-state index >= 15 is 0 Å². The quantitative estimate of drug-likeness (QED) is 0.189. The summed E-state index contributed by atoms with van der Waals surface area (Å²) in [5.74, 6) is 0. The van der Waals surface area contributed by atoms with Crippen molar-refractivity contribution < 1.29 is 20.1 Å². The molecule has 2 aromatic heterocycles. The maximum absolute atomic E-state index is 9.18. The minimum absolute atomic E-state index is 0. The molecular weight excluding hydrogens is 647 g/mol. The van der Waals surface area contributed by atoms with E-state index in [0.29, 0.717) is 11.3 Å². The fraction of sp³-hybridized carbons (Fsp3) is 0.0312. The van der Waals surface area contributed by atoms with Crippen LogP contribution in [0.3, 0.4) is 0 Å². The summed E-state index contributed by atoms with van der Waals surface area (Å²) in [6.07, 6.45) is 3.51. The van der Waals surface area contributed by atoms with Crippen molar-refractivity contribution in [3.05, 3.63) is 138 Å². The summed E-state index contributed by atoms with van der Waals surface area (Å²) in [6, 6.07) is 37.3. The van der Waals surface area contributed by atoms with E-state index in [9.17, 15) is 5.26 Å². The van der Waals surface area contributed by atoms with E-state index in [1.54, 1.807) is 12.3 Å². The van der Waals surface area contributed by atoms with Gasteiger partial charge in [0.05, 0.1) is 12.6 Å². The number of aryl methyl sites for hydroxylation is 1. The zero-order valence-electron chi connectivity index (χ0n) is 20.3. The first-order valence-corrected chi connectivity index (χ1v) is 11.3. The van der Waals surface area contributed by atoms with E-state index in [2.05, 4.69) is 45.1 Å². The Morgan fingerprint density at radius 1 is 0.842 bits per heavy atom. The molecule has 0 fully saturated rings. The van der Waals surface area contributed by atoms with Gasteiger partial charge >= 0.3 is 0 Å². The van der Waals surface area contributed by atoms with Crippen molar-refractivity contribution in [3.8, 4) is 45.8 Å². The van der Waals surface area contributed by atoms with Gasteiger partial charge in [-0.05, 0) is 52.2 Å². The Bertz CT molecular complexity index is 1590. The van der Waals surface area contributed by atoms with Gasteiger partial charge in [-0.3, -0.25) is 4.85 Å². The SMILES string of the molecule is [C-]#[N+]c1[c-]c(-c2ccc(C)cn2)c(C#N)c(C#N)c1.[Ir].[c-]1ccccc1-c1cc(-c2ccccc2)ccn1. The summed E-state index contributed by atoms with van der Waals surface area (Å²) in [6.45, 7) is 8.92. The van der Waals surface area contributed by atoms with Gasteiger partial charge < -0.3 is 9.97 Å². The smallest absolute Gasteiger partial charge is 0.107 e. The third kappa shape index (κ3) is 6.64. The summed E-state index contributed by atoms with van der Waals surface area (Å²) < 4.78 is 0. The van der Waals surface area contributed by atoms with E-state index in [1.807, 2.05) is 79.9 Å². The van der Waals surface area contributed by atoms with Crippen LogP contribution in [-0.2, 0) is 20.1 Å². The standard InChI is InChI=1S/C17H12N.C15H7N4.Ir/c1-3-7-14(8-4-1)16-11-12-18-17(13-16)15-9-5-2-6-10-15;1-10-3-4-15(19-9-10)13-6-12(18-2)5-11(7-16)14(13)8-17;/h1-9,11-13H;3-5,9H,1H3;/q2*-1;. The predicted molar refractivity (Wildman–Crippen MR) is 143 cm³/mol. The molecule has 0 aliphatic heterocycles. The second-order valence-corrected chi connectivity index (χ2v) is 7.95. The van der Waals surface area contributed by atoms with Gasteiger partial charge in [-0.15, -0.1) is 53.6 Å². The molecule has 0 amide bonds. The van der Waals surface area contributed by atoms with Crippen LogP contribution in [0, 0.1) is 48.3 Å². The number of benzene rings is 3.